The minimum Gasteiger partial charge on any atom is -0.444 e. The molecule has 0 fully saturated rings. The average molecular weight is 253 g/mol. The Labute approximate surface area is 108 Å². The fourth-order valence-corrected chi connectivity index (χ4v) is 1.50. The van der Waals surface area contributed by atoms with E-state index in [1.165, 1.54) is 0 Å². The summed E-state index contributed by atoms with van der Waals surface area (Å²) in [6, 6.07) is 0.466. The van der Waals surface area contributed by atoms with E-state index in [1.807, 2.05) is 6.92 Å². The molecule has 0 aromatic carbocycles. The zero-order valence-corrected chi connectivity index (χ0v) is 11.5. The third kappa shape index (κ3) is 5.82. The van der Waals surface area contributed by atoms with Gasteiger partial charge in [0.1, 0.15) is 5.76 Å². The van der Waals surface area contributed by atoms with Gasteiger partial charge >= 0.3 is 0 Å². The van der Waals surface area contributed by atoms with Crippen LogP contribution in [0.3, 0.4) is 0 Å². The third-order valence-corrected chi connectivity index (χ3v) is 2.52. The molecule has 18 heavy (non-hydrogen) atoms. The number of hydrogen-bond acceptors (Lipinski definition) is 4. The van der Waals surface area contributed by atoms with Crippen LogP contribution >= 0.6 is 0 Å². The lowest BCUT2D eigenvalue weighted by Gasteiger charge is -2.07. The average Bonchev–Trinajstić information content (AvgIpc) is 2.80. The van der Waals surface area contributed by atoms with Crippen molar-refractivity contribution in [2.75, 3.05) is 6.54 Å². The summed E-state index contributed by atoms with van der Waals surface area (Å²) in [6.45, 7) is 7.42. The van der Waals surface area contributed by atoms with Crippen molar-refractivity contribution in [3.8, 4) is 0 Å². The molecule has 0 saturated heterocycles. The number of nitrogens with zero attached hydrogens (tertiary/aromatic N) is 1. The van der Waals surface area contributed by atoms with Crippen LogP contribution in [0.25, 0.3) is 0 Å². The number of oxazole rings is 1. The highest BCUT2D eigenvalue weighted by Gasteiger charge is 2.05. The van der Waals surface area contributed by atoms with Crippen molar-refractivity contribution in [3.05, 3.63) is 17.8 Å². The standard InChI is InChI=1S/C13H23N3O2/c1-4-11-8-16-13(18-11)9-15-12(17)6-5-7-14-10(2)3/h8,10,14H,4-7,9H2,1-3H3,(H,15,17). The van der Waals surface area contributed by atoms with Gasteiger partial charge in [-0.05, 0) is 13.0 Å². The van der Waals surface area contributed by atoms with Crippen LogP contribution < -0.4 is 10.6 Å². The molecule has 102 valence electrons. The van der Waals surface area contributed by atoms with E-state index in [1.54, 1.807) is 6.20 Å². The molecular formula is C13H23N3O2. The number of aromatic nitrogens is 1. The van der Waals surface area contributed by atoms with Gasteiger partial charge in [-0.2, -0.15) is 0 Å². The van der Waals surface area contributed by atoms with Crippen LogP contribution in [0.2, 0.25) is 0 Å². The van der Waals surface area contributed by atoms with E-state index in [0.717, 1.165) is 25.1 Å². The monoisotopic (exact) mass is 253 g/mol. The lowest BCUT2D eigenvalue weighted by molar-refractivity contribution is -0.121. The van der Waals surface area contributed by atoms with E-state index in [0.29, 0.717) is 24.9 Å². The minimum atomic E-state index is 0.0387. The second kappa shape index (κ2) is 7.87. The van der Waals surface area contributed by atoms with Crippen LogP contribution in [0.4, 0.5) is 0 Å². The van der Waals surface area contributed by atoms with Gasteiger partial charge in [-0.15, -0.1) is 0 Å². The number of amides is 1. The lowest BCUT2D eigenvalue weighted by atomic mass is 10.2. The summed E-state index contributed by atoms with van der Waals surface area (Å²) in [7, 11) is 0. The molecule has 5 nitrogen and oxygen atoms in total. The third-order valence-electron chi connectivity index (χ3n) is 2.52. The van der Waals surface area contributed by atoms with Crippen molar-refractivity contribution in [1.29, 1.82) is 0 Å². The number of carbonyl (C=O) groups is 1. The van der Waals surface area contributed by atoms with Crippen LogP contribution in [-0.4, -0.2) is 23.5 Å². The molecule has 0 saturated carbocycles. The SMILES string of the molecule is CCc1cnc(CNC(=O)CCCNC(C)C)o1. The Balaban J connectivity index is 2.13. The van der Waals surface area contributed by atoms with E-state index in [9.17, 15) is 4.79 Å². The Hall–Kier alpha value is -1.36. The molecule has 1 heterocycles. The number of hydrogen-bond donors (Lipinski definition) is 2. The molecule has 0 spiro atoms. The van der Waals surface area contributed by atoms with Crippen molar-refractivity contribution in [2.45, 2.75) is 52.6 Å². The minimum absolute atomic E-state index is 0.0387. The van der Waals surface area contributed by atoms with E-state index in [2.05, 4.69) is 29.5 Å². The van der Waals surface area contributed by atoms with Gasteiger partial charge in [0.25, 0.3) is 0 Å². The maximum Gasteiger partial charge on any atom is 0.220 e. The van der Waals surface area contributed by atoms with Gasteiger partial charge in [0.05, 0.1) is 12.7 Å². The van der Waals surface area contributed by atoms with Crippen molar-refractivity contribution in [1.82, 2.24) is 15.6 Å². The fourth-order valence-electron chi connectivity index (χ4n) is 1.50. The molecule has 1 rings (SSSR count). The van der Waals surface area contributed by atoms with E-state index in [-0.39, 0.29) is 5.91 Å². The number of carbonyl (C=O) groups excluding carboxylic acids is 1. The van der Waals surface area contributed by atoms with Gasteiger partial charge in [0, 0.05) is 18.9 Å². The Kier molecular flexibility index (Phi) is 6.43. The zero-order valence-electron chi connectivity index (χ0n) is 11.5. The summed E-state index contributed by atoms with van der Waals surface area (Å²) in [5.74, 6) is 1.46. The van der Waals surface area contributed by atoms with Crippen LogP contribution in [0, 0.1) is 0 Å². The summed E-state index contributed by atoms with van der Waals surface area (Å²) < 4.78 is 5.40. The first kappa shape index (κ1) is 14.7. The van der Waals surface area contributed by atoms with Gasteiger partial charge < -0.3 is 15.1 Å². The first-order chi connectivity index (χ1) is 8.61. The van der Waals surface area contributed by atoms with E-state index >= 15 is 0 Å². The second-order valence-electron chi connectivity index (χ2n) is 4.56. The first-order valence-corrected chi connectivity index (χ1v) is 6.55. The summed E-state index contributed by atoms with van der Waals surface area (Å²) >= 11 is 0. The largest absolute Gasteiger partial charge is 0.444 e. The molecule has 0 unspecified atom stereocenters. The number of aryl methyl sites for hydroxylation is 1. The topological polar surface area (TPSA) is 67.2 Å². The molecule has 2 N–H and O–H groups in total. The summed E-state index contributed by atoms with van der Waals surface area (Å²) in [5.41, 5.74) is 0. The van der Waals surface area contributed by atoms with Crippen molar-refractivity contribution < 1.29 is 9.21 Å². The van der Waals surface area contributed by atoms with Crippen LogP contribution in [0.5, 0.6) is 0 Å². The van der Waals surface area contributed by atoms with Crippen LogP contribution in [0.1, 0.15) is 45.3 Å². The summed E-state index contributed by atoms with van der Waals surface area (Å²) in [4.78, 5) is 15.6. The second-order valence-corrected chi connectivity index (χ2v) is 4.56. The molecule has 0 bridgehead atoms. The van der Waals surface area contributed by atoms with Gasteiger partial charge in [-0.3, -0.25) is 4.79 Å². The number of nitrogens with one attached hydrogen (secondary N) is 2. The first-order valence-electron chi connectivity index (χ1n) is 6.55. The maximum absolute atomic E-state index is 11.5. The molecule has 0 radical (unpaired) electrons. The highest BCUT2D eigenvalue weighted by molar-refractivity contribution is 5.75. The zero-order chi connectivity index (χ0) is 13.4. The Morgan fingerprint density at radius 3 is 2.89 bits per heavy atom. The molecule has 1 amide bonds. The Morgan fingerprint density at radius 1 is 1.50 bits per heavy atom. The summed E-state index contributed by atoms with van der Waals surface area (Å²) in [5, 5.41) is 6.08. The number of rotatable bonds is 8. The van der Waals surface area contributed by atoms with E-state index in [4.69, 9.17) is 4.42 Å². The predicted octanol–water partition coefficient (Wildman–Crippen LogP) is 1.63. The van der Waals surface area contributed by atoms with Gasteiger partial charge in [0.2, 0.25) is 11.8 Å². The van der Waals surface area contributed by atoms with E-state index < -0.39 is 0 Å². The molecule has 0 aliphatic heterocycles. The molecule has 0 aliphatic rings. The maximum atomic E-state index is 11.5. The van der Waals surface area contributed by atoms with Crippen molar-refractivity contribution in [2.24, 2.45) is 0 Å². The Morgan fingerprint density at radius 2 is 2.28 bits per heavy atom. The fraction of sp³-hybridized carbons (Fsp3) is 0.692. The lowest BCUT2D eigenvalue weighted by Crippen LogP contribution is -2.27. The normalized spacial score (nSPS) is 10.9. The highest BCUT2D eigenvalue weighted by Crippen LogP contribution is 2.03. The molecular weight excluding hydrogens is 230 g/mol. The van der Waals surface area contributed by atoms with Crippen molar-refractivity contribution >= 4 is 5.91 Å². The van der Waals surface area contributed by atoms with Gasteiger partial charge in [-0.25, -0.2) is 4.98 Å². The summed E-state index contributed by atoms with van der Waals surface area (Å²) in [6.07, 6.45) is 3.90. The van der Waals surface area contributed by atoms with Crippen molar-refractivity contribution in [3.63, 3.8) is 0 Å². The predicted molar refractivity (Wildman–Crippen MR) is 70.1 cm³/mol. The quantitative estimate of drug-likeness (QED) is 0.691. The molecule has 1 aromatic heterocycles. The van der Waals surface area contributed by atoms with Crippen LogP contribution in [-0.2, 0) is 17.8 Å². The van der Waals surface area contributed by atoms with Gasteiger partial charge in [0.15, 0.2) is 0 Å². The molecule has 5 heteroatoms. The molecule has 0 aliphatic carbocycles. The van der Waals surface area contributed by atoms with Gasteiger partial charge in [-0.1, -0.05) is 20.8 Å². The van der Waals surface area contributed by atoms with Crippen LogP contribution in [0.15, 0.2) is 10.6 Å². The highest BCUT2D eigenvalue weighted by atomic mass is 16.4. The smallest absolute Gasteiger partial charge is 0.220 e. The Bertz CT molecular complexity index is 361. The molecule has 0 atom stereocenters. The molecule has 1 aromatic rings.